The molecule has 0 spiro atoms. The first kappa shape index (κ1) is 13.4. The second-order valence-corrected chi connectivity index (χ2v) is 4.34. The molecule has 0 aliphatic heterocycles. The first-order valence-electron chi connectivity index (χ1n) is 5.83. The van der Waals surface area contributed by atoms with Gasteiger partial charge in [0, 0.05) is 16.8 Å². The molecule has 1 heterocycles. The molecule has 2 rings (SSSR count). The molecule has 0 amide bonds. The van der Waals surface area contributed by atoms with Crippen molar-refractivity contribution in [2.45, 2.75) is 13.3 Å². The molecule has 0 unspecified atom stereocenters. The molecule has 5 nitrogen and oxygen atoms in total. The number of aryl methyl sites for hydroxylation is 1. The number of benzene rings is 1. The van der Waals surface area contributed by atoms with E-state index in [-0.39, 0.29) is 5.56 Å². The van der Waals surface area contributed by atoms with Crippen molar-refractivity contribution in [2.24, 2.45) is 0 Å². The van der Waals surface area contributed by atoms with E-state index in [2.05, 4.69) is 15.3 Å². The molecule has 0 aliphatic carbocycles. The lowest BCUT2D eigenvalue weighted by molar-refractivity contribution is 0.417. The van der Waals surface area contributed by atoms with Gasteiger partial charge in [-0.15, -0.1) is 0 Å². The minimum atomic E-state index is -0.199. The molecule has 0 saturated heterocycles. The first-order chi connectivity index (χ1) is 9.12. The quantitative estimate of drug-likeness (QED) is 0.903. The first-order valence-corrected chi connectivity index (χ1v) is 6.21. The lowest BCUT2D eigenvalue weighted by Gasteiger charge is -2.11. The van der Waals surface area contributed by atoms with Crippen molar-refractivity contribution in [3.8, 4) is 5.75 Å². The molecule has 0 fully saturated rings. The third-order valence-corrected chi connectivity index (χ3v) is 2.81. The van der Waals surface area contributed by atoms with Gasteiger partial charge in [-0.3, -0.25) is 9.78 Å². The van der Waals surface area contributed by atoms with Crippen LogP contribution in [0.3, 0.4) is 0 Å². The monoisotopic (exact) mass is 279 g/mol. The van der Waals surface area contributed by atoms with Crippen LogP contribution >= 0.6 is 11.6 Å². The van der Waals surface area contributed by atoms with Crippen LogP contribution in [-0.2, 0) is 6.42 Å². The molecule has 0 saturated carbocycles. The van der Waals surface area contributed by atoms with E-state index in [1.165, 1.54) is 6.07 Å². The Morgan fingerprint density at radius 1 is 1.42 bits per heavy atom. The smallest absolute Gasteiger partial charge is 0.252 e. The highest BCUT2D eigenvalue weighted by molar-refractivity contribution is 6.30. The van der Waals surface area contributed by atoms with Crippen LogP contribution < -0.4 is 15.6 Å². The molecule has 0 bridgehead atoms. The second kappa shape index (κ2) is 5.75. The van der Waals surface area contributed by atoms with Crippen LogP contribution in [0.1, 0.15) is 12.6 Å². The maximum atomic E-state index is 11.5. The summed E-state index contributed by atoms with van der Waals surface area (Å²) >= 11 is 5.94. The van der Waals surface area contributed by atoms with E-state index in [0.717, 1.165) is 0 Å². The Labute approximate surface area is 115 Å². The predicted octanol–water partition coefficient (Wildman–Crippen LogP) is 2.74. The number of hydrogen-bond acceptors (Lipinski definition) is 4. The molecular formula is C13H14ClN3O2. The van der Waals surface area contributed by atoms with Gasteiger partial charge in [-0.25, -0.2) is 4.98 Å². The molecule has 1 aromatic heterocycles. The van der Waals surface area contributed by atoms with Crippen LogP contribution in [0.4, 0.5) is 11.6 Å². The summed E-state index contributed by atoms with van der Waals surface area (Å²) in [5.74, 6) is 0.985. The fourth-order valence-corrected chi connectivity index (χ4v) is 1.83. The zero-order valence-corrected chi connectivity index (χ0v) is 11.4. The van der Waals surface area contributed by atoms with E-state index in [1.807, 2.05) is 6.92 Å². The number of anilines is 2. The molecule has 100 valence electrons. The highest BCUT2D eigenvalue weighted by Crippen LogP contribution is 2.29. The van der Waals surface area contributed by atoms with Gasteiger partial charge >= 0.3 is 0 Å². The summed E-state index contributed by atoms with van der Waals surface area (Å²) in [7, 11) is 1.56. The summed E-state index contributed by atoms with van der Waals surface area (Å²) in [6, 6.07) is 6.65. The normalized spacial score (nSPS) is 10.3. The van der Waals surface area contributed by atoms with Gasteiger partial charge < -0.3 is 10.1 Å². The molecule has 0 atom stereocenters. The average Bonchev–Trinajstić information content (AvgIpc) is 2.38. The zero-order chi connectivity index (χ0) is 13.8. The van der Waals surface area contributed by atoms with Gasteiger partial charge in [-0.2, -0.15) is 0 Å². The van der Waals surface area contributed by atoms with Crippen LogP contribution in [0.5, 0.6) is 5.75 Å². The number of H-pyrrole nitrogens is 1. The topological polar surface area (TPSA) is 67.0 Å². The summed E-state index contributed by atoms with van der Waals surface area (Å²) < 4.78 is 5.22. The lowest BCUT2D eigenvalue weighted by atomic mass is 10.3. The van der Waals surface area contributed by atoms with Gasteiger partial charge in [-0.1, -0.05) is 18.5 Å². The molecule has 1 aromatic carbocycles. The van der Waals surface area contributed by atoms with Crippen molar-refractivity contribution in [3.05, 3.63) is 45.3 Å². The molecule has 2 aromatic rings. The Kier molecular flexibility index (Phi) is 4.06. The van der Waals surface area contributed by atoms with Crippen LogP contribution in [0.25, 0.3) is 0 Å². The maximum absolute atomic E-state index is 11.5. The minimum absolute atomic E-state index is 0.199. The fourth-order valence-electron chi connectivity index (χ4n) is 1.65. The number of nitrogens with one attached hydrogen (secondary N) is 2. The highest BCUT2D eigenvalue weighted by Gasteiger charge is 2.06. The zero-order valence-electron chi connectivity index (χ0n) is 10.7. The Morgan fingerprint density at radius 2 is 2.21 bits per heavy atom. The summed E-state index contributed by atoms with van der Waals surface area (Å²) in [6.45, 7) is 1.94. The number of methoxy groups -OCH3 is 1. The number of aromatic amines is 1. The van der Waals surface area contributed by atoms with Crippen molar-refractivity contribution < 1.29 is 4.74 Å². The maximum Gasteiger partial charge on any atom is 0.252 e. The minimum Gasteiger partial charge on any atom is -0.495 e. The number of nitrogens with zero attached hydrogens (tertiary/aromatic N) is 1. The molecule has 19 heavy (non-hydrogen) atoms. The SMILES string of the molecule is CCc1cc(=O)[nH]c(Nc2cc(Cl)ccc2OC)n1. The number of halogens is 1. The van der Waals surface area contributed by atoms with Crippen LogP contribution in [-0.4, -0.2) is 17.1 Å². The summed E-state index contributed by atoms with van der Waals surface area (Å²) in [4.78, 5) is 18.4. The third kappa shape index (κ3) is 3.26. The number of rotatable bonds is 4. The van der Waals surface area contributed by atoms with Crippen molar-refractivity contribution >= 4 is 23.2 Å². The van der Waals surface area contributed by atoms with Crippen molar-refractivity contribution in [3.63, 3.8) is 0 Å². The van der Waals surface area contributed by atoms with E-state index in [4.69, 9.17) is 16.3 Å². The number of hydrogen-bond donors (Lipinski definition) is 2. The number of aromatic nitrogens is 2. The van der Waals surface area contributed by atoms with E-state index in [0.29, 0.717) is 34.5 Å². The standard InChI is InChI=1S/C13H14ClN3O2/c1-3-9-7-12(18)17-13(15-9)16-10-6-8(14)4-5-11(10)19-2/h4-7H,3H2,1-2H3,(H2,15,16,17,18). The Morgan fingerprint density at radius 3 is 2.89 bits per heavy atom. The second-order valence-electron chi connectivity index (χ2n) is 3.91. The molecule has 6 heteroatoms. The van der Waals surface area contributed by atoms with Crippen molar-refractivity contribution in [1.82, 2.24) is 9.97 Å². The van der Waals surface area contributed by atoms with E-state index in [1.54, 1.807) is 25.3 Å². The number of ether oxygens (including phenoxy) is 1. The Bertz CT molecular complexity index is 640. The van der Waals surface area contributed by atoms with Gasteiger partial charge in [0.25, 0.3) is 5.56 Å². The van der Waals surface area contributed by atoms with Crippen molar-refractivity contribution in [1.29, 1.82) is 0 Å². The van der Waals surface area contributed by atoms with Gasteiger partial charge in [0.1, 0.15) is 5.75 Å². The van der Waals surface area contributed by atoms with Gasteiger partial charge in [0.2, 0.25) is 5.95 Å². The Balaban J connectivity index is 2.38. The van der Waals surface area contributed by atoms with Crippen molar-refractivity contribution in [2.75, 3.05) is 12.4 Å². The third-order valence-electron chi connectivity index (χ3n) is 2.57. The summed E-state index contributed by atoms with van der Waals surface area (Å²) in [6.07, 6.45) is 0.686. The van der Waals surface area contributed by atoms with Crippen LogP contribution in [0.2, 0.25) is 5.02 Å². The van der Waals surface area contributed by atoms with Crippen LogP contribution in [0.15, 0.2) is 29.1 Å². The molecule has 0 radical (unpaired) electrons. The molecule has 2 N–H and O–H groups in total. The van der Waals surface area contributed by atoms with E-state index >= 15 is 0 Å². The summed E-state index contributed by atoms with van der Waals surface area (Å²) in [5.41, 5.74) is 1.16. The predicted molar refractivity (Wildman–Crippen MR) is 75.5 cm³/mol. The highest BCUT2D eigenvalue weighted by atomic mass is 35.5. The van der Waals surface area contributed by atoms with Gasteiger partial charge in [-0.05, 0) is 24.6 Å². The summed E-state index contributed by atoms with van der Waals surface area (Å²) in [5, 5.41) is 3.57. The van der Waals surface area contributed by atoms with E-state index < -0.39 is 0 Å². The largest absolute Gasteiger partial charge is 0.495 e. The average molecular weight is 280 g/mol. The molecular weight excluding hydrogens is 266 g/mol. The van der Waals surface area contributed by atoms with Crippen LogP contribution in [0, 0.1) is 0 Å². The van der Waals surface area contributed by atoms with E-state index in [9.17, 15) is 4.79 Å². The van der Waals surface area contributed by atoms with Gasteiger partial charge in [0.15, 0.2) is 0 Å². The lowest BCUT2D eigenvalue weighted by Crippen LogP contribution is -2.12. The molecule has 0 aliphatic rings. The van der Waals surface area contributed by atoms with Gasteiger partial charge in [0.05, 0.1) is 12.8 Å². The fraction of sp³-hybridized carbons (Fsp3) is 0.231. The Hall–Kier alpha value is -2.01.